The molecule has 0 aliphatic rings. The second-order valence-corrected chi connectivity index (χ2v) is 4.29. The van der Waals surface area contributed by atoms with E-state index in [1.807, 2.05) is 33.0 Å². The number of nitrogens with zero attached hydrogens (tertiary/aromatic N) is 3. The van der Waals surface area contributed by atoms with Gasteiger partial charge in [0.2, 0.25) is 0 Å². The average molecular weight is 251 g/mol. The van der Waals surface area contributed by atoms with Crippen molar-refractivity contribution in [1.29, 1.82) is 0 Å². The van der Waals surface area contributed by atoms with Gasteiger partial charge in [0, 0.05) is 18.3 Å². The van der Waals surface area contributed by atoms with Crippen LogP contribution in [0, 0.1) is 13.8 Å². The molecule has 2 rings (SSSR count). The number of aromatic nitrogens is 3. The lowest BCUT2D eigenvalue weighted by Gasteiger charge is -2.09. The molecule has 4 nitrogen and oxygen atoms in total. The molecule has 0 radical (unpaired) electrons. The van der Waals surface area contributed by atoms with E-state index in [1.165, 1.54) is 0 Å². The molecule has 0 aromatic carbocycles. The summed E-state index contributed by atoms with van der Waals surface area (Å²) >= 11 is 6.15. The summed E-state index contributed by atoms with van der Waals surface area (Å²) in [4.78, 5) is 4.38. The molecule has 2 heterocycles. The Kier molecular flexibility index (Phi) is 3.45. The fourth-order valence-corrected chi connectivity index (χ4v) is 1.90. The van der Waals surface area contributed by atoms with Crippen LogP contribution in [0.4, 0.5) is 0 Å². The van der Waals surface area contributed by atoms with E-state index in [4.69, 9.17) is 11.6 Å². The van der Waals surface area contributed by atoms with Crippen molar-refractivity contribution in [2.75, 3.05) is 7.05 Å². The third kappa shape index (κ3) is 2.18. The highest BCUT2D eigenvalue weighted by molar-refractivity contribution is 6.31. The molecular weight excluding hydrogens is 236 g/mol. The van der Waals surface area contributed by atoms with Crippen LogP contribution in [0.2, 0.25) is 5.02 Å². The van der Waals surface area contributed by atoms with Crippen LogP contribution < -0.4 is 5.32 Å². The Balaban J connectivity index is 2.56. The van der Waals surface area contributed by atoms with Crippen LogP contribution >= 0.6 is 11.6 Å². The Hall–Kier alpha value is -1.39. The first-order chi connectivity index (χ1) is 8.15. The zero-order valence-electron chi connectivity index (χ0n) is 10.2. The van der Waals surface area contributed by atoms with Crippen LogP contribution in [0.1, 0.15) is 17.0 Å². The molecule has 0 amide bonds. The predicted octanol–water partition coefficient (Wildman–Crippen LogP) is 2.26. The summed E-state index contributed by atoms with van der Waals surface area (Å²) in [6.07, 6.45) is 1.76. The highest BCUT2D eigenvalue weighted by Gasteiger charge is 2.13. The smallest absolute Gasteiger partial charge is 0.158 e. The first-order valence-corrected chi connectivity index (χ1v) is 5.83. The Morgan fingerprint density at radius 1 is 1.41 bits per heavy atom. The normalized spacial score (nSPS) is 10.8. The van der Waals surface area contributed by atoms with Crippen LogP contribution in [0.3, 0.4) is 0 Å². The minimum absolute atomic E-state index is 0.700. The van der Waals surface area contributed by atoms with Gasteiger partial charge in [-0.3, -0.25) is 0 Å². The van der Waals surface area contributed by atoms with Crippen molar-refractivity contribution >= 4 is 11.6 Å². The first kappa shape index (κ1) is 12.1. The number of hydrogen-bond donors (Lipinski definition) is 1. The standard InChI is InChI=1S/C12H15ClN4/c1-8-11(13)9(2)17(16-8)12-10(7-14-3)5-4-6-15-12/h4-6,14H,7H2,1-3H3. The van der Waals surface area contributed by atoms with Crippen LogP contribution in [0.25, 0.3) is 5.82 Å². The van der Waals surface area contributed by atoms with Gasteiger partial charge >= 0.3 is 0 Å². The van der Waals surface area contributed by atoms with E-state index in [0.717, 1.165) is 29.3 Å². The van der Waals surface area contributed by atoms with E-state index in [-0.39, 0.29) is 0 Å². The van der Waals surface area contributed by atoms with Gasteiger partial charge in [-0.25, -0.2) is 9.67 Å². The first-order valence-electron chi connectivity index (χ1n) is 5.45. The third-order valence-corrected chi connectivity index (χ3v) is 3.19. The summed E-state index contributed by atoms with van der Waals surface area (Å²) in [7, 11) is 1.91. The highest BCUT2D eigenvalue weighted by Crippen LogP contribution is 2.22. The van der Waals surface area contributed by atoms with Crippen LogP contribution in [0.5, 0.6) is 0 Å². The van der Waals surface area contributed by atoms with E-state index >= 15 is 0 Å². The monoisotopic (exact) mass is 250 g/mol. The van der Waals surface area contributed by atoms with Crippen molar-refractivity contribution in [2.24, 2.45) is 0 Å². The number of hydrogen-bond acceptors (Lipinski definition) is 3. The van der Waals surface area contributed by atoms with Crippen molar-refractivity contribution < 1.29 is 0 Å². The van der Waals surface area contributed by atoms with Crippen LogP contribution in [0.15, 0.2) is 18.3 Å². The third-order valence-electron chi connectivity index (χ3n) is 2.64. The molecule has 2 aromatic heterocycles. The lowest BCUT2D eigenvalue weighted by Crippen LogP contribution is -2.12. The zero-order valence-corrected chi connectivity index (χ0v) is 10.9. The second kappa shape index (κ2) is 4.85. The fourth-order valence-electron chi connectivity index (χ4n) is 1.78. The molecule has 17 heavy (non-hydrogen) atoms. The van der Waals surface area contributed by atoms with E-state index in [0.29, 0.717) is 5.02 Å². The minimum Gasteiger partial charge on any atom is -0.316 e. The maximum absolute atomic E-state index is 6.15. The molecule has 90 valence electrons. The summed E-state index contributed by atoms with van der Waals surface area (Å²) < 4.78 is 1.80. The quantitative estimate of drug-likeness (QED) is 0.909. The fraction of sp³-hybridized carbons (Fsp3) is 0.333. The Morgan fingerprint density at radius 3 is 2.76 bits per heavy atom. The molecular formula is C12H15ClN4. The molecule has 0 atom stereocenters. The minimum atomic E-state index is 0.700. The van der Waals surface area contributed by atoms with Gasteiger partial charge in [-0.2, -0.15) is 5.10 Å². The number of aryl methyl sites for hydroxylation is 1. The van der Waals surface area contributed by atoms with E-state index in [1.54, 1.807) is 10.9 Å². The summed E-state index contributed by atoms with van der Waals surface area (Å²) in [6.45, 7) is 4.59. The Morgan fingerprint density at radius 2 is 2.18 bits per heavy atom. The van der Waals surface area contributed by atoms with Gasteiger partial charge in [-0.1, -0.05) is 17.7 Å². The number of nitrogens with one attached hydrogen (secondary N) is 1. The van der Waals surface area contributed by atoms with Gasteiger partial charge in [-0.15, -0.1) is 0 Å². The van der Waals surface area contributed by atoms with Gasteiger partial charge in [0.1, 0.15) is 0 Å². The molecule has 0 saturated heterocycles. The van der Waals surface area contributed by atoms with E-state index in [9.17, 15) is 0 Å². The van der Waals surface area contributed by atoms with Gasteiger partial charge in [0.25, 0.3) is 0 Å². The van der Waals surface area contributed by atoms with Crippen molar-refractivity contribution in [3.8, 4) is 5.82 Å². The van der Waals surface area contributed by atoms with E-state index in [2.05, 4.69) is 15.4 Å². The largest absolute Gasteiger partial charge is 0.316 e. The molecule has 0 aliphatic carbocycles. The van der Waals surface area contributed by atoms with E-state index < -0.39 is 0 Å². The molecule has 2 aromatic rings. The average Bonchev–Trinajstić information content (AvgIpc) is 2.58. The van der Waals surface area contributed by atoms with Crippen molar-refractivity contribution in [2.45, 2.75) is 20.4 Å². The van der Waals surface area contributed by atoms with Crippen molar-refractivity contribution in [3.63, 3.8) is 0 Å². The summed E-state index contributed by atoms with van der Waals surface area (Å²) in [6, 6.07) is 3.95. The predicted molar refractivity (Wildman–Crippen MR) is 68.6 cm³/mol. The lowest BCUT2D eigenvalue weighted by molar-refractivity contribution is 0.755. The molecule has 0 aliphatic heterocycles. The molecule has 0 bridgehead atoms. The van der Waals surface area contributed by atoms with Gasteiger partial charge in [-0.05, 0) is 27.0 Å². The van der Waals surface area contributed by atoms with Crippen LogP contribution in [-0.4, -0.2) is 21.8 Å². The van der Waals surface area contributed by atoms with Crippen molar-refractivity contribution in [3.05, 3.63) is 40.3 Å². The summed E-state index contributed by atoms with van der Waals surface area (Å²) in [5, 5.41) is 8.24. The summed E-state index contributed by atoms with van der Waals surface area (Å²) in [5.41, 5.74) is 2.84. The molecule has 1 N–H and O–H groups in total. The number of rotatable bonds is 3. The molecule has 0 spiro atoms. The lowest BCUT2D eigenvalue weighted by atomic mass is 10.2. The SMILES string of the molecule is CNCc1cccnc1-n1nc(C)c(Cl)c1C. The molecule has 0 fully saturated rings. The zero-order chi connectivity index (χ0) is 12.4. The van der Waals surface area contributed by atoms with Crippen LogP contribution in [-0.2, 0) is 6.54 Å². The Labute approximate surface area is 106 Å². The maximum atomic E-state index is 6.15. The van der Waals surface area contributed by atoms with Gasteiger partial charge < -0.3 is 5.32 Å². The maximum Gasteiger partial charge on any atom is 0.158 e. The second-order valence-electron chi connectivity index (χ2n) is 3.91. The van der Waals surface area contributed by atoms with Gasteiger partial charge in [0.05, 0.1) is 16.4 Å². The highest BCUT2D eigenvalue weighted by atomic mass is 35.5. The number of halogens is 1. The topological polar surface area (TPSA) is 42.7 Å². The van der Waals surface area contributed by atoms with Gasteiger partial charge in [0.15, 0.2) is 5.82 Å². The Bertz CT molecular complexity index is 533. The molecule has 0 unspecified atom stereocenters. The molecule has 0 saturated carbocycles. The summed E-state index contributed by atoms with van der Waals surface area (Å²) in [5.74, 6) is 0.828. The number of pyridine rings is 1. The molecule has 5 heteroatoms. The van der Waals surface area contributed by atoms with Crippen molar-refractivity contribution in [1.82, 2.24) is 20.1 Å².